The Morgan fingerprint density at radius 1 is 0.971 bits per heavy atom. The van der Waals surface area contributed by atoms with Gasteiger partial charge in [0.2, 0.25) is 0 Å². The molecule has 0 atom stereocenters. The molecule has 6 nitrogen and oxygen atoms in total. The zero-order valence-corrected chi connectivity index (χ0v) is 20.7. The Labute approximate surface area is 210 Å². The molecule has 0 aromatic heterocycles. The Hall–Kier alpha value is -2.70. The first-order valence-electron chi connectivity index (χ1n) is 11.4. The normalized spacial score (nSPS) is 13.5. The van der Waals surface area contributed by atoms with Crippen LogP contribution in [0.2, 0.25) is 10.0 Å². The number of carboxylic acids is 1. The number of unbranched alkanes of at least 4 members (excludes halogenated alkanes) is 4. The number of hydrogen-bond acceptors (Lipinski definition) is 4. The Morgan fingerprint density at radius 3 is 2.29 bits per heavy atom. The monoisotopic (exact) mass is 505 g/mol. The fourth-order valence-electron chi connectivity index (χ4n) is 3.67. The Kier molecular flexibility index (Phi) is 9.66. The molecule has 0 aliphatic carbocycles. The van der Waals surface area contributed by atoms with E-state index in [1.165, 1.54) is 6.42 Å². The van der Waals surface area contributed by atoms with Crippen LogP contribution in [0.3, 0.4) is 0 Å². The number of carbonyl (C=O) groups excluding carboxylic acids is 1. The molecule has 182 valence electrons. The van der Waals surface area contributed by atoms with Crippen LogP contribution in [0.25, 0.3) is 0 Å². The number of rotatable bonds is 13. The maximum Gasteiger partial charge on any atom is 0.337 e. The second-order valence-corrected chi connectivity index (χ2v) is 8.99. The van der Waals surface area contributed by atoms with E-state index in [0.717, 1.165) is 31.2 Å². The molecule has 1 N–H and O–H groups in total. The van der Waals surface area contributed by atoms with E-state index in [0.29, 0.717) is 27.9 Å². The molecular formula is C26H29Cl2NO5. The summed E-state index contributed by atoms with van der Waals surface area (Å²) >= 11 is 12.3. The molecule has 0 unspecified atom stereocenters. The lowest BCUT2D eigenvalue weighted by Crippen LogP contribution is -2.29. The molecule has 2 aromatic carbocycles. The molecular weight excluding hydrogens is 477 g/mol. The third kappa shape index (κ3) is 6.90. The van der Waals surface area contributed by atoms with Gasteiger partial charge in [-0.05, 0) is 36.2 Å². The summed E-state index contributed by atoms with van der Waals surface area (Å²) in [6.07, 6.45) is 5.30. The number of carboxylic acid groups (broad SMARTS) is 1. The average molecular weight is 506 g/mol. The van der Waals surface area contributed by atoms with Crippen molar-refractivity contribution in [1.29, 1.82) is 0 Å². The fraction of sp³-hybridized carbons (Fsp3) is 0.385. The molecule has 3 rings (SSSR count). The highest BCUT2D eigenvalue weighted by atomic mass is 35.5. The molecule has 1 aliphatic rings. The zero-order valence-electron chi connectivity index (χ0n) is 19.2. The van der Waals surface area contributed by atoms with Gasteiger partial charge in [0, 0.05) is 22.2 Å². The first kappa shape index (κ1) is 25.9. The number of aliphatic carboxylic acids is 1. The van der Waals surface area contributed by atoms with Crippen molar-refractivity contribution < 1.29 is 24.2 Å². The predicted octanol–water partition coefficient (Wildman–Crippen LogP) is 6.24. The average Bonchev–Trinajstić information content (AvgIpc) is 3.13. The second kappa shape index (κ2) is 12.7. The first-order chi connectivity index (χ1) is 16.4. The van der Waals surface area contributed by atoms with E-state index in [1.54, 1.807) is 47.4 Å². The smallest absolute Gasteiger partial charge is 0.337 e. The maximum absolute atomic E-state index is 12.7. The van der Waals surface area contributed by atoms with Gasteiger partial charge in [-0.25, -0.2) is 4.79 Å². The van der Waals surface area contributed by atoms with Gasteiger partial charge in [0.25, 0.3) is 5.91 Å². The molecule has 1 amide bonds. The van der Waals surface area contributed by atoms with Gasteiger partial charge < -0.3 is 19.5 Å². The SMILES string of the molecule is CCCCCCCN1CC(C(=O)O)=C(OCc2ccc(OCc3c(Cl)cccc3Cl)cc2)C1=O. The molecule has 2 aromatic rings. The summed E-state index contributed by atoms with van der Waals surface area (Å²) < 4.78 is 11.5. The third-order valence-corrected chi connectivity index (χ3v) is 6.35. The number of hydrogen-bond donors (Lipinski definition) is 1. The topological polar surface area (TPSA) is 76.1 Å². The molecule has 0 spiro atoms. The van der Waals surface area contributed by atoms with E-state index in [4.69, 9.17) is 32.7 Å². The number of nitrogens with zero attached hydrogens (tertiary/aromatic N) is 1. The number of benzene rings is 2. The predicted molar refractivity (Wildman–Crippen MR) is 132 cm³/mol. The van der Waals surface area contributed by atoms with Crippen molar-refractivity contribution in [3.8, 4) is 5.75 Å². The summed E-state index contributed by atoms with van der Waals surface area (Å²) in [6, 6.07) is 12.4. The lowest BCUT2D eigenvalue weighted by Gasteiger charge is -2.16. The van der Waals surface area contributed by atoms with Crippen LogP contribution in [0.5, 0.6) is 5.75 Å². The Morgan fingerprint density at radius 2 is 1.65 bits per heavy atom. The van der Waals surface area contributed by atoms with E-state index in [2.05, 4.69) is 6.92 Å². The lowest BCUT2D eigenvalue weighted by atomic mass is 10.1. The second-order valence-electron chi connectivity index (χ2n) is 8.18. The molecule has 0 saturated carbocycles. The lowest BCUT2D eigenvalue weighted by molar-refractivity contribution is -0.133. The summed E-state index contributed by atoms with van der Waals surface area (Å²) in [5.41, 5.74) is 1.50. The van der Waals surface area contributed by atoms with Crippen molar-refractivity contribution in [2.75, 3.05) is 13.1 Å². The fourth-order valence-corrected chi connectivity index (χ4v) is 4.18. The minimum atomic E-state index is -1.13. The van der Waals surface area contributed by atoms with E-state index < -0.39 is 5.97 Å². The van der Waals surface area contributed by atoms with Gasteiger partial charge in [0.05, 0.1) is 6.54 Å². The standard InChI is InChI=1S/C26H29Cl2NO5/c1-2-3-4-5-6-14-29-15-20(26(31)32)24(25(29)30)34-16-18-10-12-19(13-11-18)33-17-21-22(27)8-7-9-23(21)28/h7-13H,2-6,14-17H2,1H3,(H,31,32). The summed E-state index contributed by atoms with van der Waals surface area (Å²) in [6.45, 7) is 3.07. The van der Waals surface area contributed by atoms with Crippen molar-refractivity contribution in [2.45, 2.75) is 52.2 Å². The van der Waals surface area contributed by atoms with E-state index in [9.17, 15) is 14.7 Å². The Bertz CT molecular complexity index is 1020. The van der Waals surface area contributed by atoms with Crippen molar-refractivity contribution in [3.05, 3.63) is 75.0 Å². The highest BCUT2D eigenvalue weighted by molar-refractivity contribution is 6.35. The van der Waals surface area contributed by atoms with Crippen LogP contribution in [0.15, 0.2) is 53.8 Å². The van der Waals surface area contributed by atoms with Crippen LogP contribution in [0, 0.1) is 0 Å². The van der Waals surface area contributed by atoms with Crippen LogP contribution in [-0.2, 0) is 27.5 Å². The van der Waals surface area contributed by atoms with Crippen LogP contribution in [0.4, 0.5) is 0 Å². The van der Waals surface area contributed by atoms with Gasteiger partial charge in [-0.3, -0.25) is 4.79 Å². The summed E-state index contributed by atoms with van der Waals surface area (Å²) in [4.78, 5) is 25.9. The van der Waals surface area contributed by atoms with Crippen molar-refractivity contribution in [1.82, 2.24) is 4.90 Å². The highest BCUT2D eigenvalue weighted by Crippen LogP contribution is 2.27. The molecule has 34 heavy (non-hydrogen) atoms. The van der Waals surface area contributed by atoms with Gasteiger partial charge in [-0.2, -0.15) is 0 Å². The number of halogens is 2. The van der Waals surface area contributed by atoms with E-state index in [-0.39, 0.29) is 37.0 Å². The summed E-state index contributed by atoms with van der Waals surface area (Å²) in [5.74, 6) is -0.936. The van der Waals surface area contributed by atoms with Crippen molar-refractivity contribution >= 4 is 35.1 Å². The van der Waals surface area contributed by atoms with Gasteiger partial charge in [-0.15, -0.1) is 0 Å². The van der Waals surface area contributed by atoms with Gasteiger partial charge in [0.1, 0.15) is 24.5 Å². The number of amides is 1. The maximum atomic E-state index is 12.7. The summed E-state index contributed by atoms with van der Waals surface area (Å²) in [5, 5.41) is 10.6. The van der Waals surface area contributed by atoms with Crippen LogP contribution in [-0.4, -0.2) is 35.0 Å². The van der Waals surface area contributed by atoms with Gasteiger partial charge >= 0.3 is 5.97 Å². The highest BCUT2D eigenvalue weighted by Gasteiger charge is 2.35. The molecule has 0 fully saturated rings. The first-order valence-corrected chi connectivity index (χ1v) is 12.2. The van der Waals surface area contributed by atoms with E-state index >= 15 is 0 Å². The van der Waals surface area contributed by atoms with Gasteiger partial charge in [0.15, 0.2) is 5.76 Å². The molecule has 0 bridgehead atoms. The Balaban J connectivity index is 1.54. The third-order valence-electron chi connectivity index (χ3n) is 5.65. The van der Waals surface area contributed by atoms with Crippen LogP contribution >= 0.6 is 23.2 Å². The minimum Gasteiger partial charge on any atom is -0.489 e. The zero-order chi connectivity index (χ0) is 24.5. The molecule has 0 saturated heterocycles. The molecule has 0 radical (unpaired) electrons. The quantitative estimate of drug-likeness (QED) is 0.326. The van der Waals surface area contributed by atoms with Crippen LogP contribution in [0.1, 0.15) is 50.2 Å². The molecule has 1 aliphatic heterocycles. The number of carbonyl (C=O) groups is 2. The van der Waals surface area contributed by atoms with Crippen LogP contribution < -0.4 is 4.74 Å². The van der Waals surface area contributed by atoms with E-state index in [1.807, 2.05) is 0 Å². The molecule has 8 heteroatoms. The van der Waals surface area contributed by atoms with Crippen molar-refractivity contribution in [3.63, 3.8) is 0 Å². The molecule has 1 heterocycles. The number of ether oxygens (including phenoxy) is 2. The summed E-state index contributed by atoms with van der Waals surface area (Å²) in [7, 11) is 0. The minimum absolute atomic E-state index is 0.00938. The van der Waals surface area contributed by atoms with Gasteiger partial charge in [-0.1, -0.05) is 74.0 Å². The largest absolute Gasteiger partial charge is 0.489 e. The van der Waals surface area contributed by atoms with Crippen molar-refractivity contribution in [2.24, 2.45) is 0 Å².